The Labute approximate surface area is 94.7 Å². The standard InChI is InChI=1S/C10H13ClN2S/c1-7(2)12-10(14)13-9-5-3-8(11)4-6-9/h3-7H,1-2H3,(H2,12,13,14). The van der Waals surface area contributed by atoms with E-state index in [-0.39, 0.29) is 0 Å². The minimum absolute atomic E-state index is 0.335. The molecule has 1 aromatic rings. The molecule has 0 atom stereocenters. The van der Waals surface area contributed by atoms with Gasteiger partial charge in [-0.3, -0.25) is 0 Å². The molecule has 0 radical (unpaired) electrons. The van der Waals surface area contributed by atoms with Gasteiger partial charge in [0, 0.05) is 16.8 Å². The van der Waals surface area contributed by atoms with Gasteiger partial charge in [-0.2, -0.15) is 0 Å². The summed E-state index contributed by atoms with van der Waals surface area (Å²) in [5, 5.41) is 7.50. The van der Waals surface area contributed by atoms with Crippen LogP contribution in [0.3, 0.4) is 0 Å². The molecule has 0 aliphatic heterocycles. The van der Waals surface area contributed by atoms with Crippen molar-refractivity contribution in [3.05, 3.63) is 29.3 Å². The minimum atomic E-state index is 0.335. The Morgan fingerprint density at radius 2 is 1.86 bits per heavy atom. The maximum atomic E-state index is 5.76. The summed E-state index contributed by atoms with van der Waals surface area (Å²) in [4.78, 5) is 0. The van der Waals surface area contributed by atoms with Crippen molar-refractivity contribution in [3.63, 3.8) is 0 Å². The minimum Gasteiger partial charge on any atom is -0.360 e. The maximum absolute atomic E-state index is 5.76. The van der Waals surface area contributed by atoms with Crippen LogP contribution in [-0.2, 0) is 0 Å². The van der Waals surface area contributed by atoms with Crippen molar-refractivity contribution < 1.29 is 0 Å². The number of rotatable bonds is 2. The van der Waals surface area contributed by atoms with Crippen molar-refractivity contribution >= 4 is 34.6 Å². The molecule has 2 N–H and O–H groups in total. The highest BCUT2D eigenvalue weighted by Gasteiger charge is 1.98. The first-order chi connectivity index (χ1) is 6.58. The van der Waals surface area contributed by atoms with E-state index in [0.717, 1.165) is 10.7 Å². The molecule has 0 heterocycles. The Balaban J connectivity index is 2.52. The molecule has 0 unspecified atom stereocenters. The van der Waals surface area contributed by atoms with Gasteiger partial charge in [-0.1, -0.05) is 11.6 Å². The van der Waals surface area contributed by atoms with E-state index in [1.165, 1.54) is 0 Å². The largest absolute Gasteiger partial charge is 0.360 e. The topological polar surface area (TPSA) is 24.1 Å². The van der Waals surface area contributed by atoms with Crippen LogP contribution in [0.5, 0.6) is 0 Å². The molecular formula is C10H13ClN2S. The van der Waals surface area contributed by atoms with Crippen molar-refractivity contribution in [2.45, 2.75) is 19.9 Å². The quantitative estimate of drug-likeness (QED) is 0.761. The number of nitrogens with one attached hydrogen (secondary N) is 2. The van der Waals surface area contributed by atoms with Gasteiger partial charge in [-0.25, -0.2) is 0 Å². The van der Waals surface area contributed by atoms with Crippen LogP contribution < -0.4 is 10.6 Å². The first-order valence-corrected chi connectivity index (χ1v) is 5.19. The molecule has 0 saturated heterocycles. The van der Waals surface area contributed by atoms with E-state index in [1.54, 1.807) is 0 Å². The molecular weight excluding hydrogens is 216 g/mol. The van der Waals surface area contributed by atoms with Gasteiger partial charge in [-0.05, 0) is 50.3 Å². The van der Waals surface area contributed by atoms with Crippen LogP contribution in [0.25, 0.3) is 0 Å². The Kier molecular flexibility index (Phi) is 4.17. The summed E-state index contributed by atoms with van der Waals surface area (Å²) in [6.45, 7) is 4.08. The molecule has 4 heteroatoms. The molecule has 0 aliphatic rings. The fraction of sp³-hybridized carbons (Fsp3) is 0.300. The van der Waals surface area contributed by atoms with Crippen LogP contribution in [-0.4, -0.2) is 11.2 Å². The lowest BCUT2D eigenvalue weighted by Gasteiger charge is -2.12. The zero-order valence-electron chi connectivity index (χ0n) is 8.17. The second-order valence-electron chi connectivity index (χ2n) is 3.26. The molecule has 0 saturated carbocycles. The first-order valence-electron chi connectivity index (χ1n) is 4.41. The molecule has 76 valence electrons. The Bertz CT molecular complexity index is 308. The van der Waals surface area contributed by atoms with Crippen molar-refractivity contribution in [2.75, 3.05) is 5.32 Å². The lowest BCUT2D eigenvalue weighted by molar-refractivity contribution is 0.739. The van der Waals surface area contributed by atoms with E-state index in [1.807, 2.05) is 38.1 Å². The van der Waals surface area contributed by atoms with Crippen LogP contribution in [0.2, 0.25) is 5.02 Å². The second kappa shape index (κ2) is 5.17. The third kappa shape index (κ3) is 3.94. The Morgan fingerprint density at radius 3 is 2.36 bits per heavy atom. The van der Waals surface area contributed by atoms with Gasteiger partial charge in [0.25, 0.3) is 0 Å². The summed E-state index contributed by atoms with van der Waals surface area (Å²) >= 11 is 10.8. The van der Waals surface area contributed by atoms with Crippen LogP contribution in [0, 0.1) is 0 Å². The van der Waals surface area contributed by atoms with Crippen LogP contribution in [0.1, 0.15) is 13.8 Å². The van der Waals surface area contributed by atoms with E-state index in [9.17, 15) is 0 Å². The van der Waals surface area contributed by atoms with Gasteiger partial charge in [0.05, 0.1) is 0 Å². The summed E-state index contributed by atoms with van der Waals surface area (Å²) in [5.74, 6) is 0. The van der Waals surface area contributed by atoms with Gasteiger partial charge in [0.2, 0.25) is 0 Å². The zero-order valence-corrected chi connectivity index (χ0v) is 9.75. The monoisotopic (exact) mass is 228 g/mol. The average Bonchev–Trinajstić information content (AvgIpc) is 2.07. The van der Waals surface area contributed by atoms with Gasteiger partial charge in [0.15, 0.2) is 5.11 Å². The summed E-state index contributed by atoms with van der Waals surface area (Å²) in [6, 6.07) is 7.75. The molecule has 1 aromatic carbocycles. The van der Waals surface area contributed by atoms with Gasteiger partial charge in [0.1, 0.15) is 0 Å². The summed E-state index contributed by atoms with van der Waals surface area (Å²) in [6.07, 6.45) is 0. The van der Waals surface area contributed by atoms with E-state index < -0.39 is 0 Å². The van der Waals surface area contributed by atoms with Gasteiger partial charge >= 0.3 is 0 Å². The second-order valence-corrected chi connectivity index (χ2v) is 4.10. The van der Waals surface area contributed by atoms with E-state index in [0.29, 0.717) is 11.2 Å². The summed E-state index contributed by atoms with van der Waals surface area (Å²) < 4.78 is 0. The fourth-order valence-corrected chi connectivity index (χ4v) is 1.44. The molecule has 0 spiro atoms. The van der Waals surface area contributed by atoms with Crippen molar-refractivity contribution in [1.29, 1.82) is 0 Å². The molecule has 0 amide bonds. The molecule has 0 aromatic heterocycles. The number of hydrogen-bond acceptors (Lipinski definition) is 1. The lowest BCUT2D eigenvalue weighted by atomic mass is 10.3. The molecule has 2 nitrogen and oxygen atoms in total. The van der Waals surface area contributed by atoms with Crippen LogP contribution in [0.15, 0.2) is 24.3 Å². The molecule has 0 fully saturated rings. The number of anilines is 1. The zero-order chi connectivity index (χ0) is 10.6. The highest BCUT2D eigenvalue weighted by Crippen LogP contribution is 2.13. The van der Waals surface area contributed by atoms with Crippen LogP contribution in [0.4, 0.5) is 5.69 Å². The van der Waals surface area contributed by atoms with E-state index in [4.69, 9.17) is 23.8 Å². The predicted octanol–water partition coefficient (Wildman–Crippen LogP) is 3.03. The van der Waals surface area contributed by atoms with Crippen molar-refractivity contribution in [3.8, 4) is 0 Å². The predicted molar refractivity (Wildman–Crippen MR) is 65.9 cm³/mol. The normalized spacial score (nSPS) is 10.0. The van der Waals surface area contributed by atoms with Crippen molar-refractivity contribution in [2.24, 2.45) is 0 Å². The SMILES string of the molecule is CC(C)NC(=S)Nc1ccc(Cl)cc1. The summed E-state index contributed by atoms with van der Waals surface area (Å²) in [5.41, 5.74) is 0.938. The highest BCUT2D eigenvalue weighted by atomic mass is 35.5. The average molecular weight is 229 g/mol. The smallest absolute Gasteiger partial charge is 0.170 e. The van der Waals surface area contributed by atoms with E-state index in [2.05, 4.69) is 10.6 Å². The number of hydrogen-bond donors (Lipinski definition) is 2. The number of thiocarbonyl (C=S) groups is 1. The van der Waals surface area contributed by atoms with E-state index >= 15 is 0 Å². The first kappa shape index (κ1) is 11.3. The third-order valence-electron chi connectivity index (χ3n) is 1.52. The Morgan fingerprint density at radius 1 is 1.29 bits per heavy atom. The third-order valence-corrected chi connectivity index (χ3v) is 1.99. The fourth-order valence-electron chi connectivity index (χ4n) is 0.963. The van der Waals surface area contributed by atoms with Gasteiger partial charge < -0.3 is 10.6 Å². The molecule has 0 aliphatic carbocycles. The number of benzene rings is 1. The van der Waals surface area contributed by atoms with Crippen LogP contribution >= 0.6 is 23.8 Å². The Hall–Kier alpha value is -0.800. The molecule has 1 rings (SSSR count). The maximum Gasteiger partial charge on any atom is 0.170 e. The van der Waals surface area contributed by atoms with Crippen molar-refractivity contribution in [1.82, 2.24) is 5.32 Å². The number of halogens is 1. The lowest BCUT2D eigenvalue weighted by Crippen LogP contribution is -2.33. The highest BCUT2D eigenvalue weighted by molar-refractivity contribution is 7.80. The molecule has 14 heavy (non-hydrogen) atoms. The summed E-state index contributed by atoms with van der Waals surface area (Å²) in [7, 11) is 0. The van der Waals surface area contributed by atoms with Gasteiger partial charge in [-0.15, -0.1) is 0 Å². The molecule has 0 bridgehead atoms.